The van der Waals surface area contributed by atoms with E-state index in [-0.39, 0.29) is 12.0 Å². The molecule has 1 saturated heterocycles. The zero-order chi connectivity index (χ0) is 7.56. The third-order valence-electron chi connectivity index (χ3n) is 1.95. The van der Waals surface area contributed by atoms with E-state index in [9.17, 15) is 0 Å². The maximum absolute atomic E-state index is 5.33. The number of hydrogen-bond acceptors (Lipinski definition) is 1. The van der Waals surface area contributed by atoms with Crippen LogP contribution >= 0.6 is 0 Å². The summed E-state index contributed by atoms with van der Waals surface area (Å²) in [4.78, 5) is 0. The van der Waals surface area contributed by atoms with Crippen LogP contribution in [0.15, 0.2) is 12.2 Å². The minimum Gasteiger partial charge on any atom is -0.374 e. The predicted octanol–water partition coefficient (Wildman–Crippen LogP) is 1.60. The summed E-state index contributed by atoms with van der Waals surface area (Å²) in [6.07, 6.45) is 6.37. The van der Waals surface area contributed by atoms with Gasteiger partial charge in [0.1, 0.15) is 0 Å². The molecule has 0 bridgehead atoms. The van der Waals surface area contributed by atoms with Gasteiger partial charge in [-0.05, 0) is 18.9 Å². The molecule has 0 aliphatic carbocycles. The van der Waals surface area contributed by atoms with Crippen molar-refractivity contribution in [2.45, 2.75) is 19.4 Å². The Kier molecular flexibility index (Phi) is 2.13. The maximum Gasteiger partial charge on any atom is 0.0766 e. The molecule has 0 spiro atoms. The molecular weight excluding hydrogens is 124 g/mol. The summed E-state index contributed by atoms with van der Waals surface area (Å²) >= 11 is 0. The number of terminal acetylenes is 1. The second kappa shape index (κ2) is 2.90. The number of rotatable bonds is 0. The van der Waals surface area contributed by atoms with Crippen molar-refractivity contribution in [1.29, 1.82) is 0 Å². The van der Waals surface area contributed by atoms with E-state index in [1.54, 1.807) is 0 Å². The van der Waals surface area contributed by atoms with Crippen molar-refractivity contribution < 1.29 is 4.74 Å². The molecule has 54 valence electrons. The van der Waals surface area contributed by atoms with E-state index in [1.807, 2.05) is 6.92 Å². The summed E-state index contributed by atoms with van der Waals surface area (Å²) in [6, 6.07) is 0. The van der Waals surface area contributed by atoms with E-state index in [4.69, 9.17) is 11.2 Å². The Labute approximate surface area is 62.1 Å². The molecule has 0 aromatic heterocycles. The van der Waals surface area contributed by atoms with E-state index in [0.29, 0.717) is 0 Å². The summed E-state index contributed by atoms with van der Waals surface area (Å²) in [5.41, 5.74) is 1.05. The van der Waals surface area contributed by atoms with Crippen LogP contribution in [0.5, 0.6) is 0 Å². The van der Waals surface area contributed by atoms with Gasteiger partial charge in [0.05, 0.1) is 6.10 Å². The molecule has 1 rings (SSSR count). The third kappa shape index (κ3) is 1.22. The van der Waals surface area contributed by atoms with Crippen molar-refractivity contribution in [3.05, 3.63) is 12.2 Å². The van der Waals surface area contributed by atoms with Crippen LogP contribution in [-0.2, 0) is 4.74 Å². The van der Waals surface area contributed by atoms with Gasteiger partial charge in [0.25, 0.3) is 0 Å². The first-order chi connectivity index (χ1) is 4.75. The molecule has 1 aliphatic rings. The van der Waals surface area contributed by atoms with Crippen molar-refractivity contribution in [2.75, 3.05) is 6.61 Å². The average Bonchev–Trinajstić information content (AvgIpc) is 1.95. The Bertz CT molecular complexity index is 176. The molecule has 0 radical (unpaired) electrons. The predicted molar refractivity (Wildman–Crippen MR) is 41.5 cm³/mol. The first-order valence-electron chi connectivity index (χ1n) is 3.52. The summed E-state index contributed by atoms with van der Waals surface area (Å²) in [7, 11) is 0. The Hall–Kier alpha value is -0.740. The van der Waals surface area contributed by atoms with Gasteiger partial charge < -0.3 is 4.74 Å². The highest BCUT2D eigenvalue weighted by atomic mass is 16.5. The maximum atomic E-state index is 5.33. The fourth-order valence-electron chi connectivity index (χ4n) is 1.13. The van der Waals surface area contributed by atoms with Crippen molar-refractivity contribution in [3.63, 3.8) is 0 Å². The van der Waals surface area contributed by atoms with Gasteiger partial charge in [-0.3, -0.25) is 0 Å². The highest BCUT2D eigenvalue weighted by Crippen LogP contribution is 2.23. The molecule has 1 unspecified atom stereocenters. The molecule has 1 nitrogen and oxygen atoms in total. The molecular formula is C9H12O. The lowest BCUT2D eigenvalue weighted by Gasteiger charge is -2.26. The van der Waals surface area contributed by atoms with Crippen molar-refractivity contribution in [3.8, 4) is 12.3 Å². The topological polar surface area (TPSA) is 9.23 Å². The van der Waals surface area contributed by atoms with Crippen molar-refractivity contribution in [1.82, 2.24) is 0 Å². The van der Waals surface area contributed by atoms with E-state index in [2.05, 4.69) is 12.5 Å². The minimum absolute atomic E-state index is 0.148. The second-order valence-electron chi connectivity index (χ2n) is 2.60. The first kappa shape index (κ1) is 7.37. The van der Waals surface area contributed by atoms with Gasteiger partial charge in [-0.15, -0.1) is 6.42 Å². The molecule has 0 amide bonds. The highest BCUT2D eigenvalue weighted by molar-refractivity contribution is 5.18. The SMILES string of the molecule is C#C[C@@H]1CCOC(C)C1=C. The van der Waals surface area contributed by atoms with E-state index in [1.165, 1.54) is 0 Å². The molecule has 0 saturated carbocycles. The van der Waals surface area contributed by atoms with Crippen LogP contribution in [0.2, 0.25) is 0 Å². The Balaban J connectivity index is 2.62. The van der Waals surface area contributed by atoms with Crippen LogP contribution in [-0.4, -0.2) is 12.7 Å². The smallest absolute Gasteiger partial charge is 0.0766 e. The van der Waals surface area contributed by atoms with Crippen LogP contribution in [0.3, 0.4) is 0 Å². The highest BCUT2D eigenvalue weighted by Gasteiger charge is 2.21. The van der Waals surface area contributed by atoms with Crippen LogP contribution in [0.25, 0.3) is 0 Å². The Morgan fingerprint density at radius 3 is 3.00 bits per heavy atom. The summed E-state index contributed by atoms with van der Waals surface area (Å²) in [5, 5.41) is 0. The van der Waals surface area contributed by atoms with E-state index >= 15 is 0 Å². The van der Waals surface area contributed by atoms with Crippen molar-refractivity contribution in [2.24, 2.45) is 5.92 Å². The standard InChI is InChI=1S/C9H12O/c1-4-9-5-6-10-8(3)7(9)2/h1,8-9H,2,5-6H2,3H3/t8?,9-/m1/s1. The zero-order valence-electron chi connectivity index (χ0n) is 6.26. The fourth-order valence-corrected chi connectivity index (χ4v) is 1.13. The Morgan fingerprint density at radius 2 is 2.50 bits per heavy atom. The lowest BCUT2D eigenvalue weighted by molar-refractivity contribution is 0.0551. The normalized spacial score (nSPS) is 33.4. The van der Waals surface area contributed by atoms with Gasteiger partial charge in [-0.25, -0.2) is 0 Å². The van der Waals surface area contributed by atoms with Gasteiger partial charge in [0.2, 0.25) is 0 Å². The summed E-state index contributed by atoms with van der Waals surface area (Å²) in [6.45, 7) is 6.64. The molecule has 0 aromatic carbocycles. The van der Waals surface area contributed by atoms with Gasteiger partial charge in [-0.2, -0.15) is 0 Å². The summed E-state index contributed by atoms with van der Waals surface area (Å²) in [5.74, 6) is 2.94. The largest absolute Gasteiger partial charge is 0.374 e. The van der Waals surface area contributed by atoms with Gasteiger partial charge in [-0.1, -0.05) is 12.5 Å². The molecule has 10 heavy (non-hydrogen) atoms. The average molecular weight is 136 g/mol. The molecule has 1 aliphatic heterocycles. The second-order valence-corrected chi connectivity index (χ2v) is 2.60. The number of ether oxygens (including phenoxy) is 1. The number of hydrogen-bond donors (Lipinski definition) is 0. The summed E-state index contributed by atoms with van der Waals surface area (Å²) < 4.78 is 5.33. The van der Waals surface area contributed by atoms with Gasteiger partial charge in [0.15, 0.2) is 0 Å². The van der Waals surface area contributed by atoms with E-state index < -0.39 is 0 Å². The molecule has 0 aromatic rings. The molecule has 1 fully saturated rings. The van der Waals surface area contributed by atoms with E-state index in [0.717, 1.165) is 18.6 Å². The van der Waals surface area contributed by atoms with Crippen LogP contribution < -0.4 is 0 Å². The van der Waals surface area contributed by atoms with Gasteiger partial charge >= 0.3 is 0 Å². The van der Waals surface area contributed by atoms with Crippen molar-refractivity contribution >= 4 is 0 Å². The monoisotopic (exact) mass is 136 g/mol. The van der Waals surface area contributed by atoms with Crippen LogP contribution in [0, 0.1) is 18.3 Å². The quantitative estimate of drug-likeness (QED) is 0.363. The Morgan fingerprint density at radius 1 is 1.80 bits per heavy atom. The molecule has 1 heterocycles. The lowest BCUT2D eigenvalue weighted by Crippen LogP contribution is -2.24. The minimum atomic E-state index is 0.148. The molecule has 0 N–H and O–H groups in total. The molecule has 2 atom stereocenters. The lowest BCUT2D eigenvalue weighted by atomic mass is 9.92. The zero-order valence-corrected chi connectivity index (χ0v) is 6.26. The van der Waals surface area contributed by atoms with Gasteiger partial charge in [0, 0.05) is 12.5 Å². The molecule has 1 heteroatoms. The van der Waals surface area contributed by atoms with Crippen LogP contribution in [0.4, 0.5) is 0 Å². The third-order valence-corrected chi connectivity index (χ3v) is 1.95. The first-order valence-corrected chi connectivity index (χ1v) is 3.52. The van der Waals surface area contributed by atoms with Crippen LogP contribution in [0.1, 0.15) is 13.3 Å². The fraction of sp³-hybridized carbons (Fsp3) is 0.556.